The first-order chi connectivity index (χ1) is 10.2. The number of phenols is 1. The van der Waals surface area contributed by atoms with E-state index < -0.39 is 0 Å². The maximum absolute atomic E-state index is 9.28. The summed E-state index contributed by atoms with van der Waals surface area (Å²) in [5, 5.41) is 13.3. The van der Waals surface area contributed by atoms with E-state index in [1.807, 2.05) is 0 Å². The molecule has 21 heavy (non-hydrogen) atoms. The molecule has 0 fully saturated rings. The van der Waals surface area contributed by atoms with Crippen molar-refractivity contribution in [1.29, 1.82) is 0 Å². The van der Waals surface area contributed by atoms with Gasteiger partial charge in [0.25, 0.3) is 0 Å². The molecule has 0 amide bonds. The van der Waals surface area contributed by atoms with Crippen molar-refractivity contribution >= 4 is 0 Å². The molecule has 0 atom stereocenters. The van der Waals surface area contributed by atoms with Gasteiger partial charge in [-0.2, -0.15) is 4.98 Å². The summed E-state index contributed by atoms with van der Waals surface area (Å²) in [6, 6.07) is 15.2. The van der Waals surface area contributed by atoms with E-state index >= 15 is 0 Å². The summed E-state index contributed by atoms with van der Waals surface area (Å²) in [7, 11) is 0. The number of aryl methyl sites for hydroxylation is 3. The van der Waals surface area contributed by atoms with Gasteiger partial charge in [0.15, 0.2) is 0 Å². The first-order valence-electron chi connectivity index (χ1n) is 6.88. The molecular formula is C17H16N2O2. The number of hydrogen-bond acceptors (Lipinski definition) is 4. The van der Waals surface area contributed by atoms with Crippen molar-refractivity contribution in [2.24, 2.45) is 0 Å². The zero-order valence-corrected chi connectivity index (χ0v) is 11.8. The Labute approximate surface area is 123 Å². The molecule has 0 aliphatic carbocycles. The van der Waals surface area contributed by atoms with Gasteiger partial charge in [-0.15, -0.1) is 0 Å². The maximum atomic E-state index is 9.28. The number of phenolic OH excluding ortho intramolecular Hbond substituents is 1. The van der Waals surface area contributed by atoms with Crippen molar-refractivity contribution in [2.45, 2.75) is 19.8 Å². The van der Waals surface area contributed by atoms with Gasteiger partial charge in [0, 0.05) is 12.0 Å². The van der Waals surface area contributed by atoms with Gasteiger partial charge in [-0.05, 0) is 43.2 Å². The zero-order valence-electron chi connectivity index (χ0n) is 11.8. The second kappa shape index (κ2) is 5.79. The molecule has 0 aliphatic rings. The van der Waals surface area contributed by atoms with Gasteiger partial charge in [-0.1, -0.05) is 35.0 Å². The van der Waals surface area contributed by atoms with Gasteiger partial charge in [0.05, 0.1) is 0 Å². The zero-order chi connectivity index (χ0) is 14.7. The maximum Gasteiger partial charge on any atom is 0.227 e. The van der Waals surface area contributed by atoms with Crippen LogP contribution in [0.5, 0.6) is 5.75 Å². The summed E-state index contributed by atoms with van der Waals surface area (Å²) in [5.74, 6) is 1.40. The standard InChI is InChI=1S/C17H16N2O2/c1-12-3-2-4-13(11-12)5-10-16-18-17(19-21-16)14-6-8-15(20)9-7-14/h2-4,6-9,11,20H,5,10H2,1H3. The van der Waals surface area contributed by atoms with Gasteiger partial charge in [-0.3, -0.25) is 0 Å². The minimum absolute atomic E-state index is 0.224. The predicted molar refractivity (Wildman–Crippen MR) is 80.0 cm³/mol. The Balaban J connectivity index is 1.69. The third kappa shape index (κ3) is 3.28. The van der Waals surface area contributed by atoms with E-state index in [-0.39, 0.29) is 5.75 Å². The number of hydrogen-bond donors (Lipinski definition) is 1. The average molecular weight is 280 g/mol. The molecule has 1 aromatic heterocycles. The highest BCUT2D eigenvalue weighted by Crippen LogP contribution is 2.19. The Bertz CT molecular complexity index is 733. The van der Waals surface area contributed by atoms with Crippen LogP contribution in [-0.2, 0) is 12.8 Å². The molecule has 0 saturated heterocycles. The fraction of sp³-hybridized carbons (Fsp3) is 0.176. The molecule has 0 unspecified atom stereocenters. The first-order valence-corrected chi connectivity index (χ1v) is 6.88. The lowest BCUT2D eigenvalue weighted by Crippen LogP contribution is -1.92. The van der Waals surface area contributed by atoms with Crippen LogP contribution >= 0.6 is 0 Å². The molecule has 4 nitrogen and oxygen atoms in total. The Morgan fingerprint density at radius 3 is 2.62 bits per heavy atom. The van der Waals surface area contributed by atoms with Crippen LogP contribution in [-0.4, -0.2) is 15.2 Å². The Morgan fingerprint density at radius 2 is 1.86 bits per heavy atom. The molecule has 3 aromatic rings. The SMILES string of the molecule is Cc1cccc(CCc2nc(-c3ccc(O)cc3)no2)c1. The van der Waals surface area contributed by atoms with Crippen molar-refractivity contribution in [3.05, 3.63) is 65.5 Å². The van der Waals surface area contributed by atoms with Crippen molar-refractivity contribution < 1.29 is 9.63 Å². The molecular weight excluding hydrogens is 264 g/mol. The quantitative estimate of drug-likeness (QED) is 0.794. The molecule has 0 aliphatic heterocycles. The number of aromatic nitrogens is 2. The van der Waals surface area contributed by atoms with E-state index in [0.717, 1.165) is 12.0 Å². The number of benzene rings is 2. The monoisotopic (exact) mass is 280 g/mol. The molecule has 3 rings (SSSR count). The lowest BCUT2D eigenvalue weighted by Gasteiger charge is -1.99. The molecule has 0 spiro atoms. The van der Waals surface area contributed by atoms with Crippen molar-refractivity contribution in [1.82, 2.24) is 10.1 Å². The van der Waals surface area contributed by atoms with E-state index in [4.69, 9.17) is 4.52 Å². The highest BCUT2D eigenvalue weighted by molar-refractivity contribution is 5.55. The normalized spacial score (nSPS) is 10.7. The van der Waals surface area contributed by atoms with Gasteiger partial charge >= 0.3 is 0 Å². The fourth-order valence-corrected chi connectivity index (χ4v) is 2.20. The van der Waals surface area contributed by atoms with Crippen LogP contribution in [0, 0.1) is 6.92 Å². The van der Waals surface area contributed by atoms with Crippen molar-refractivity contribution in [3.63, 3.8) is 0 Å². The van der Waals surface area contributed by atoms with Crippen LogP contribution in [0.4, 0.5) is 0 Å². The number of nitrogens with zero attached hydrogens (tertiary/aromatic N) is 2. The molecule has 2 aromatic carbocycles. The summed E-state index contributed by atoms with van der Waals surface area (Å²) >= 11 is 0. The average Bonchev–Trinajstić information content (AvgIpc) is 2.95. The molecule has 0 radical (unpaired) electrons. The first kappa shape index (κ1) is 13.4. The van der Waals surface area contributed by atoms with Gasteiger partial charge in [0.1, 0.15) is 5.75 Å². The molecule has 0 saturated carbocycles. The Morgan fingerprint density at radius 1 is 1.05 bits per heavy atom. The number of rotatable bonds is 4. The lowest BCUT2D eigenvalue weighted by molar-refractivity contribution is 0.379. The van der Waals surface area contributed by atoms with E-state index in [1.165, 1.54) is 11.1 Å². The molecule has 1 heterocycles. The molecule has 106 valence electrons. The van der Waals surface area contributed by atoms with E-state index in [1.54, 1.807) is 24.3 Å². The smallest absolute Gasteiger partial charge is 0.227 e. The topological polar surface area (TPSA) is 59.2 Å². The van der Waals surface area contributed by atoms with Crippen LogP contribution in [0.3, 0.4) is 0 Å². The summed E-state index contributed by atoms with van der Waals surface area (Å²) in [5.41, 5.74) is 3.35. The van der Waals surface area contributed by atoms with E-state index in [2.05, 4.69) is 41.3 Å². The van der Waals surface area contributed by atoms with Gasteiger partial charge < -0.3 is 9.63 Å². The Hall–Kier alpha value is -2.62. The van der Waals surface area contributed by atoms with Crippen LogP contribution in [0.2, 0.25) is 0 Å². The molecule has 1 N–H and O–H groups in total. The van der Waals surface area contributed by atoms with Crippen LogP contribution in [0.1, 0.15) is 17.0 Å². The fourth-order valence-electron chi connectivity index (χ4n) is 2.20. The van der Waals surface area contributed by atoms with Crippen molar-refractivity contribution in [3.8, 4) is 17.1 Å². The lowest BCUT2D eigenvalue weighted by atomic mass is 10.1. The van der Waals surface area contributed by atoms with E-state index in [9.17, 15) is 5.11 Å². The van der Waals surface area contributed by atoms with Gasteiger partial charge in [-0.25, -0.2) is 0 Å². The highest BCUT2D eigenvalue weighted by Gasteiger charge is 2.08. The highest BCUT2D eigenvalue weighted by atomic mass is 16.5. The van der Waals surface area contributed by atoms with E-state index in [0.29, 0.717) is 18.1 Å². The van der Waals surface area contributed by atoms with Crippen LogP contribution in [0.25, 0.3) is 11.4 Å². The second-order valence-electron chi connectivity index (χ2n) is 5.05. The molecule has 0 bridgehead atoms. The minimum atomic E-state index is 0.224. The summed E-state index contributed by atoms with van der Waals surface area (Å²) in [6.45, 7) is 2.08. The van der Waals surface area contributed by atoms with Gasteiger partial charge in [0.2, 0.25) is 11.7 Å². The number of aromatic hydroxyl groups is 1. The molecule has 4 heteroatoms. The van der Waals surface area contributed by atoms with Crippen LogP contribution < -0.4 is 0 Å². The summed E-state index contributed by atoms with van der Waals surface area (Å²) < 4.78 is 5.28. The predicted octanol–water partition coefficient (Wildman–Crippen LogP) is 3.54. The Kier molecular flexibility index (Phi) is 3.69. The van der Waals surface area contributed by atoms with Crippen molar-refractivity contribution in [2.75, 3.05) is 0 Å². The third-order valence-corrected chi connectivity index (χ3v) is 3.30. The summed E-state index contributed by atoms with van der Waals surface area (Å²) in [6.07, 6.45) is 1.59. The largest absolute Gasteiger partial charge is 0.508 e. The third-order valence-electron chi connectivity index (χ3n) is 3.30. The summed E-state index contributed by atoms with van der Waals surface area (Å²) in [4.78, 5) is 4.39. The van der Waals surface area contributed by atoms with Crippen LogP contribution in [0.15, 0.2) is 53.1 Å². The second-order valence-corrected chi connectivity index (χ2v) is 5.05. The minimum Gasteiger partial charge on any atom is -0.508 e.